The molecule has 150 valence electrons. The zero-order valence-electron chi connectivity index (χ0n) is 16.9. The quantitative estimate of drug-likeness (QED) is 0.526. The van der Waals surface area contributed by atoms with E-state index in [1.165, 1.54) is 17.7 Å². The van der Waals surface area contributed by atoms with E-state index in [9.17, 15) is 9.18 Å². The second-order valence-corrected chi connectivity index (χ2v) is 7.72. The van der Waals surface area contributed by atoms with Crippen LogP contribution in [0.2, 0.25) is 0 Å². The molecule has 0 bridgehead atoms. The zero-order valence-corrected chi connectivity index (χ0v) is 16.9. The van der Waals surface area contributed by atoms with Gasteiger partial charge in [0.1, 0.15) is 5.82 Å². The molecular weight excluding hydrogens is 379 g/mol. The number of H-pyrrole nitrogens is 1. The van der Waals surface area contributed by atoms with Gasteiger partial charge in [-0.25, -0.2) is 14.4 Å². The number of hydrogen-bond acceptors (Lipinski definition) is 3. The van der Waals surface area contributed by atoms with E-state index >= 15 is 0 Å². The number of hydrogen-bond donors (Lipinski definition) is 1. The number of rotatable bonds is 2. The Bertz CT molecular complexity index is 1340. The Kier molecular flexibility index (Phi) is 4.35. The number of carbonyl (C=O) groups excluding carboxylic acids is 1. The van der Waals surface area contributed by atoms with Gasteiger partial charge < -0.3 is 9.88 Å². The predicted octanol–water partition coefficient (Wildman–Crippen LogP) is 4.80. The number of benzene rings is 2. The molecule has 5 nitrogen and oxygen atoms in total. The Labute approximate surface area is 173 Å². The number of aromatic amines is 1. The molecule has 6 heteroatoms. The topological polar surface area (TPSA) is 61.9 Å². The van der Waals surface area contributed by atoms with Crippen molar-refractivity contribution in [1.29, 1.82) is 0 Å². The molecule has 5 rings (SSSR count). The lowest BCUT2D eigenvalue weighted by molar-refractivity contribution is 0.0773. The second kappa shape index (κ2) is 7.06. The van der Waals surface area contributed by atoms with Crippen LogP contribution >= 0.6 is 0 Å². The van der Waals surface area contributed by atoms with Crippen molar-refractivity contribution in [3.8, 4) is 0 Å². The van der Waals surface area contributed by atoms with Crippen LogP contribution in [0.15, 0.2) is 48.7 Å². The molecule has 1 aliphatic rings. The first-order valence-corrected chi connectivity index (χ1v) is 10.00. The van der Waals surface area contributed by atoms with E-state index in [1.54, 1.807) is 6.07 Å². The average Bonchev–Trinajstić information content (AvgIpc) is 3.17. The highest BCUT2D eigenvalue weighted by Crippen LogP contribution is 2.30. The summed E-state index contributed by atoms with van der Waals surface area (Å²) in [6.45, 7) is 5.03. The molecule has 0 fully saturated rings. The Morgan fingerprint density at radius 2 is 1.87 bits per heavy atom. The smallest absolute Gasteiger partial charge is 0.254 e. The van der Waals surface area contributed by atoms with Crippen LogP contribution in [0.4, 0.5) is 4.39 Å². The summed E-state index contributed by atoms with van der Waals surface area (Å²) in [5.41, 5.74) is 6.96. The van der Waals surface area contributed by atoms with E-state index in [-0.39, 0.29) is 11.7 Å². The van der Waals surface area contributed by atoms with Crippen molar-refractivity contribution in [2.45, 2.75) is 20.3 Å². The summed E-state index contributed by atoms with van der Waals surface area (Å²) >= 11 is 0. The van der Waals surface area contributed by atoms with Crippen LogP contribution < -0.4 is 0 Å². The van der Waals surface area contributed by atoms with Gasteiger partial charge in [0.15, 0.2) is 0 Å². The summed E-state index contributed by atoms with van der Waals surface area (Å²) in [5.74, 6) is -0.260. The van der Waals surface area contributed by atoms with Gasteiger partial charge >= 0.3 is 0 Å². The highest BCUT2D eigenvalue weighted by Gasteiger charge is 2.21. The normalized spacial score (nSPS) is 14.4. The first kappa shape index (κ1) is 18.5. The van der Waals surface area contributed by atoms with Crippen LogP contribution in [0, 0.1) is 19.7 Å². The van der Waals surface area contributed by atoms with Crippen molar-refractivity contribution in [2.24, 2.45) is 0 Å². The van der Waals surface area contributed by atoms with Gasteiger partial charge in [0.2, 0.25) is 0 Å². The fraction of sp³-hybridized carbons (Fsp3) is 0.208. The van der Waals surface area contributed by atoms with Crippen LogP contribution in [-0.2, 0) is 0 Å². The van der Waals surface area contributed by atoms with Crippen molar-refractivity contribution in [3.63, 3.8) is 0 Å². The highest BCUT2D eigenvalue weighted by molar-refractivity contribution is 5.98. The van der Waals surface area contributed by atoms with Gasteiger partial charge in [-0.15, -0.1) is 0 Å². The van der Waals surface area contributed by atoms with Gasteiger partial charge in [-0.1, -0.05) is 6.08 Å². The minimum absolute atomic E-state index is 0.00627. The number of fused-ring (bicyclic) bond motifs is 2. The van der Waals surface area contributed by atoms with Crippen LogP contribution in [0.25, 0.3) is 27.5 Å². The van der Waals surface area contributed by atoms with Gasteiger partial charge in [-0.3, -0.25) is 4.79 Å². The monoisotopic (exact) mass is 400 g/mol. The summed E-state index contributed by atoms with van der Waals surface area (Å²) in [4.78, 5) is 27.1. The average molecular weight is 400 g/mol. The molecule has 0 radical (unpaired) electrons. The van der Waals surface area contributed by atoms with Gasteiger partial charge in [0.25, 0.3) is 5.91 Å². The van der Waals surface area contributed by atoms with Crippen LogP contribution in [-0.4, -0.2) is 38.8 Å². The summed E-state index contributed by atoms with van der Waals surface area (Å²) in [7, 11) is 0. The van der Waals surface area contributed by atoms with Crippen molar-refractivity contribution in [1.82, 2.24) is 19.9 Å². The maximum Gasteiger partial charge on any atom is 0.254 e. The Morgan fingerprint density at radius 1 is 1.07 bits per heavy atom. The fourth-order valence-corrected chi connectivity index (χ4v) is 4.01. The summed E-state index contributed by atoms with van der Waals surface area (Å²) in [6.07, 6.45) is 4.75. The van der Waals surface area contributed by atoms with E-state index < -0.39 is 0 Å². The zero-order chi connectivity index (χ0) is 20.8. The third-order valence-electron chi connectivity index (χ3n) is 5.81. The van der Waals surface area contributed by atoms with Crippen molar-refractivity contribution >= 4 is 33.4 Å². The van der Waals surface area contributed by atoms with Gasteiger partial charge in [-0.05, 0) is 62.2 Å². The summed E-state index contributed by atoms with van der Waals surface area (Å²) < 4.78 is 13.4. The molecule has 0 aliphatic carbocycles. The molecule has 3 heterocycles. The van der Waals surface area contributed by atoms with Crippen LogP contribution in [0.1, 0.15) is 33.7 Å². The molecule has 0 atom stereocenters. The number of nitrogens with one attached hydrogen (secondary N) is 1. The van der Waals surface area contributed by atoms with Crippen LogP contribution in [0.3, 0.4) is 0 Å². The van der Waals surface area contributed by atoms with E-state index in [4.69, 9.17) is 0 Å². The van der Waals surface area contributed by atoms with Gasteiger partial charge in [0, 0.05) is 41.3 Å². The Morgan fingerprint density at radius 3 is 2.63 bits per heavy atom. The molecule has 0 unspecified atom stereocenters. The lowest BCUT2D eigenvalue weighted by Crippen LogP contribution is -2.34. The molecule has 30 heavy (non-hydrogen) atoms. The maximum atomic E-state index is 13.4. The molecule has 1 amide bonds. The lowest BCUT2D eigenvalue weighted by atomic mass is 9.98. The minimum Gasteiger partial charge on any atom is -0.360 e. The maximum absolute atomic E-state index is 13.4. The number of halogens is 1. The number of aromatic nitrogens is 3. The molecular formula is C24H21FN4O. The van der Waals surface area contributed by atoms with Crippen LogP contribution in [0.5, 0.6) is 0 Å². The Hall–Kier alpha value is -3.54. The van der Waals surface area contributed by atoms with Crippen molar-refractivity contribution < 1.29 is 9.18 Å². The molecule has 0 saturated heterocycles. The summed E-state index contributed by atoms with van der Waals surface area (Å²) in [6, 6.07) is 10.3. The number of carbonyl (C=O) groups is 1. The first-order chi connectivity index (χ1) is 14.5. The number of aryl methyl sites for hydroxylation is 2. The third-order valence-corrected chi connectivity index (χ3v) is 5.81. The van der Waals surface area contributed by atoms with E-state index in [0.717, 1.165) is 45.3 Å². The molecule has 2 aromatic heterocycles. The second-order valence-electron chi connectivity index (χ2n) is 7.72. The first-order valence-electron chi connectivity index (χ1n) is 10.00. The molecule has 4 aromatic rings. The third kappa shape index (κ3) is 3.14. The van der Waals surface area contributed by atoms with E-state index in [1.807, 2.05) is 43.1 Å². The standard InChI is InChI=1S/C24H21FN4O/c1-14-15(2)28-23-11-17(3-6-21(23)27-14)24(30)29-9-7-16(8-10-29)20-13-26-22-12-18(25)4-5-19(20)22/h3-7,11-13,26H,8-10H2,1-2H3. The molecule has 0 spiro atoms. The van der Waals surface area contributed by atoms with Crippen molar-refractivity contribution in [2.75, 3.05) is 13.1 Å². The molecule has 2 aromatic carbocycles. The van der Waals surface area contributed by atoms with E-state index in [2.05, 4.69) is 21.0 Å². The van der Waals surface area contributed by atoms with Gasteiger partial charge in [0.05, 0.1) is 22.4 Å². The molecule has 0 saturated carbocycles. The predicted molar refractivity (Wildman–Crippen MR) is 116 cm³/mol. The van der Waals surface area contributed by atoms with Gasteiger partial charge in [-0.2, -0.15) is 0 Å². The minimum atomic E-state index is -0.254. The fourth-order valence-electron chi connectivity index (χ4n) is 4.01. The molecule has 1 aliphatic heterocycles. The van der Waals surface area contributed by atoms with E-state index in [0.29, 0.717) is 18.7 Å². The SMILES string of the molecule is Cc1nc2ccc(C(=O)N3CC=C(c4c[nH]c5cc(F)ccc45)CC3)cc2nc1C. The Balaban J connectivity index is 1.39. The number of nitrogens with zero attached hydrogens (tertiary/aromatic N) is 3. The molecule has 1 N–H and O–H groups in total. The number of amides is 1. The largest absolute Gasteiger partial charge is 0.360 e. The lowest BCUT2D eigenvalue weighted by Gasteiger charge is -2.26. The summed E-state index contributed by atoms with van der Waals surface area (Å²) in [5, 5.41) is 1.00. The van der Waals surface area contributed by atoms with Crippen molar-refractivity contribution in [3.05, 3.63) is 77.0 Å². The highest BCUT2D eigenvalue weighted by atomic mass is 19.1.